The van der Waals surface area contributed by atoms with E-state index < -0.39 is 0 Å². The zero-order chi connectivity index (χ0) is 52.2. The minimum atomic E-state index is 0.334. The number of nitrogens with zero attached hydrogens (tertiary/aromatic N) is 4. The maximum absolute atomic E-state index is 9.55. The maximum Gasteiger partial charge on any atom is 0.226 e. The quantitative estimate of drug-likeness (QED) is 0.0672. The van der Waals surface area contributed by atoms with Crippen LogP contribution in [0.3, 0.4) is 0 Å². The van der Waals surface area contributed by atoms with E-state index in [4.69, 9.17) is 18.6 Å². The average Bonchev–Trinajstić information content (AvgIpc) is 4.03. The second-order valence-electron chi connectivity index (χ2n) is 20.7. The smallest absolute Gasteiger partial charge is 0.226 e. The number of hydrogen-bond donors (Lipinski definition) is 1. The van der Waals surface area contributed by atoms with Crippen LogP contribution in [-0.2, 0) is 42.0 Å². The van der Waals surface area contributed by atoms with Crippen LogP contribution < -0.4 is 0 Å². The molecule has 9 heteroatoms. The van der Waals surface area contributed by atoms with Gasteiger partial charge in [-0.1, -0.05) is 192 Å². The number of hydrogen-bond acceptors (Lipinski definition) is 8. The van der Waals surface area contributed by atoms with Gasteiger partial charge in [-0.3, -0.25) is 9.80 Å². The van der Waals surface area contributed by atoms with Crippen molar-refractivity contribution in [2.75, 3.05) is 13.2 Å². The minimum absolute atomic E-state index is 0.334. The van der Waals surface area contributed by atoms with Crippen molar-refractivity contribution in [3.8, 4) is 22.9 Å². The van der Waals surface area contributed by atoms with Crippen molar-refractivity contribution in [3.63, 3.8) is 0 Å². The van der Waals surface area contributed by atoms with Crippen molar-refractivity contribution in [3.05, 3.63) is 226 Å². The van der Waals surface area contributed by atoms with Crippen LogP contribution in [0, 0.1) is 39.5 Å². The number of aliphatic hydroxyl groups excluding tert-OH is 1. The van der Waals surface area contributed by atoms with Crippen LogP contribution in [0.25, 0.3) is 22.9 Å². The van der Waals surface area contributed by atoms with Gasteiger partial charge in [0.25, 0.3) is 0 Å². The Labute approximate surface area is 460 Å². The molecule has 2 aliphatic carbocycles. The molecule has 2 saturated carbocycles. The fourth-order valence-corrected chi connectivity index (χ4v) is 11.4. The Morgan fingerprint density at radius 3 is 1.31 bits per heavy atom. The molecule has 2 aliphatic rings. The molecule has 4 atom stereocenters. The third kappa shape index (κ3) is 17.2. The minimum Gasteiger partial charge on any atom is -0.441 e. The lowest BCUT2D eigenvalue weighted by Crippen LogP contribution is -2.39. The van der Waals surface area contributed by atoms with Gasteiger partial charge in [-0.2, -0.15) is 0 Å². The molecule has 10 rings (SSSR count). The van der Waals surface area contributed by atoms with Gasteiger partial charge in [0.15, 0.2) is 0 Å². The normalized spacial score (nSPS) is 17.5. The third-order valence-electron chi connectivity index (χ3n) is 14.7. The number of oxazole rings is 2. The molecule has 2 fully saturated rings. The van der Waals surface area contributed by atoms with Crippen molar-refractivity contribution in [1.82, 2.24) is 19.8 Å². The summed E-state index contributed by atoms with van der Waals surface area (Å²) in [7, 11) is 0. The fraction of sp³-hybridized carbons (Fsp3) is 0.364. The van der Waals surface area contributed by atoms with Crippen LogP contribution in [0.5, 0.6) is 0 Å². The Hall–Kier alpha value is -5.69. The molecule has 0 aliphatic heterocycles. The van der Waals surface area contributed by atoms with Gasteiger partial charge in [0.05, 0.1) is 12.3 Å². The van der Waals surface area contributed by atoms with Gasteiger partial charge in [-0.15, -0.1) is 0 Å². The zero-order valence-corrected chi connectivity index (χ0v) is 46.8. The summed E-state index contributed by atoms with van der Waals surface area (Å²) in [6.07, 6.45) is 9.68. The molecule has 0 spiro atoms. The zero-order valence-electron chi connectivity index (χ0n) is 44.6. The molecule has 2 aromatic heterocycles. The molecule has 75 heavy (non-hydrogen) atoms. The lowest BCUT2D eigenvalue weighted by molar-refractivity contribution is 0.0425. The molecular weight excluding hydrogens is 1040 g/mol. The molecular formula is C66H77IN4O4. The number of alkyl halides is 1. The van der Waals surface area contributed by atoms with E-state index in [9.17, 15) is 5.11 Å². The van der Waals surface area contributed by atoms with Crippen molar-refractivity contribution in [2.24, 2.45) is 11.8 Å². The molecule has 2 heterocycles. The first-order valence-electron chi connectivity index (χ1n) is 27.1. The Morgan fingerprint density at radius 1 is 0.507 bits per heavy atom. The Balaban J connectivity index is 0.000000166. The lowest BCUT2D eigenvalue weighted by Gasteiger charge is -2.37. The van der Waals surface area contributed by atoms with Gasteiger partial charge in [-0.25, -0.2) is 9.97 Å². The average molecular weight is 1120 g/mol. The molecule has 0 bridgehead atoms. The standard InChI is InChI=1S/C33H38N2O2.C21H27NO.C12H12INO/c1-25-11-9-17-30(19-25)33-34-32(26(2)37-33)24-36-23-29-16-10-18-31(20-29)35(21-27-12-5-3-6-13-27)22-28-14-7-4-8-15-28;23-17-20-12-7-13-21(14-20)22(15-18-8-3-1-4-9-18)16-19-10-5-2-6-11-19;1-8-4-3-5-10(6-8)12-14-11(7-13)9(2)15-12/h3-9,11-15,17,19,29,31H,10,16,18,20-24H2,1-2H3;1-6,8-11,20-21,23H,7,12-17H2;3-6H,7H2,1-2H3. The van der Waals surface area contributed by atoms with E-state index in [-0.39, 0.29) is 0 Å². The number of halogens is 1. The summed E-state index contributed by atoms with van der Waals surface area (Å²) in [6.45, 7) is 13.6. The van der Waals surface area contributed by atoms with E-state index in [2.05, 4.69) is 197 Å². The number of aromatic nitrogens is 2. The highest BCUT2D eigenvalue weighted by Gasteiger charge is 2.29. The van der Waals surface area contributed by atoms with E-state index in [1.165, 1.54) is 78.3 Å². The van der Waals surface area contributed by atoms with Gasteiger partial charge in [0.2, 0.25) is 11.8 Å². The molecule has 392 valence electrons. The number of benzene rings is 6. The number of aryl methyl sites for hydroxylation is 4. The van der Waals surface area contributed by atoms with Crippen LogP contribution in [0.15, 0.2) is 179 Å². The molecule has 6 aromatic carbocycles. The molecule has 8 nitrogen and oxygen atoms in total. The summed E-state index contributed by atoms with van der Waals surface area (Å²) >= 11 is 2.30. The molecule has 8 aromatic rings. The highest BCUT2D eigenvalue weighted by Crippen LogP contribution is 2.32. The van der Waals surface area contributed by atoms with Crippen LogP contribution >= 0.6 is 22.6 Å². The summed E-state index contributed by atoms with van der Waals surface area (Å²) in [4.78, 5) is 14.5. The van der Waals surface area contributed by atoms with Gasteiger partial charge < -0.3 is 18.7 Å². The van der Waals surface area contributed by atoms with Gasteiger partial charge in [0.1, 0.15) is 17.2 Å². The fourth-order valence-electron chi connectivity index (χ4n) is 10.6. The van der Waals surface area contributed by atoms with Crippen LogP contribution in [0.4, 0.5) is 0 Å². The van der Waals surface area contributed by atoms with Crippen molar-refractivity contribution >= 4 is 22.6 Å². The highest BCUT2D eigenvalue weighted by atomic mass is 127. The monoisotopic (exact) mass is 1120 g/mol. The first-order valence-corrected chi connectivity index (χ1v) is 28.7. The second-order valence-corrected chi connectivity index (χ2v) is 21.5. The predicted molar refractivity (Wildman–Crippen MR) is 313 cm³/mol. The Bertz CT molecular complexity index is 2810. The predicted octanol–water partition coefficient (Wildman–Crippen LogP) is 15.9. The van der Waals surface area contributed by atoms with Gasteiger partial charge >= 0.3 is 0 Å². The van der Waals surface area contributed by atoms with Crippen molar-refractivity contribution in [2.45, 2.75) is 128 Å². The Kier molecular flexibility index (Phi) is 21.5. The molecule has 0 amide bonds. The molecule has 4 unspecified atom stereocenters. The molecule has 1 N–H and O–H groups in total. The van der Waals surface area contributed by atoms with E-state index in [1.54, 1.807) is 0 Å². The van der Waals surface area contributed by atoms with E-state index in [0.29, 0.717) is 43.0 Å². The van der Waals surface area contributed by atoms with Crippen LogP contribution in [0.1, 0.15) is 108 Å². The summed E-state index contributed by atoms with van der Waals surface area (Å²) < 4.78 is 18.7. The van der Waals surface area contributed by atoms with E-state index >= 15 is 0 Å². The summed E-state index contributed by atoms with van der Waals surface area (Å²) in [5.41, 5.74) is 11.9. The summed E-state index contributed by atoms with van der Waals surface area (Å²) in [6, 6.07) is 60.8. The third-order valence-corrected chi connectivity index (χ3v) is 15.5. The summed E-state index contributed by atoms with van der Waals surface area (Å²) in [5.74, 6) is 4.20. The van der Waals surface area contributed by atoms with Crippen molar-refractivity contribution < 1.29 is 18.7 Å². The second kappa shape index (κ2) is 29.0. The van der Waals surface area contributed by atoms with Gasteiger partial charge in [0, 0.05) is 67.0 Å². The Morgan fingerprint density at radius 2 is 0.907 bits per heavy atom. The van der Waals surface area contributed by atoms with E-state index in [1.807, 2.05) is 38.1 Å². The largest absolute Gasteiger partial charge is 0.441 e. The van der Waals surface area contributed by atoms with Gasteiger partial charge in [-0.05, 0) is 125 Å². The topological polar surface area (TPSA) is 88.0 Å². The lowest BCUT2D eigenvalue weighted by atomic mass is 9.85. The summed E-state index contributed by atoms with van der Waals surface area (Å²) in [5, 5.41) is 9.55. The number of aliphatic hydroxyl groups is 1. The molecule has 0 saturated heterocycles. The maximum atomic E-state index is 9.55. The molecule has 0 radical (unpaired) electrons. The van der Waals surface area contributed by atoms with Crippen LogP contribution in [0.2, 0.25) is 0 Å². The first kappa shape index (κ1) is 55.5. The number of ether oxygens (including phenoxy) is 1. The first-order chi connectivity index (χ1) is 36.7. The SMILES string of the molecule is Cc1cccc(-c2nc(CI)c(C)o2)c1.Cc1cccc(-c2nc(COCC3CCCC(N(Cc4ccccc4)Cc4ccccc4)C3)c(C)o2)c1.OCC1CCCC(N(Cc2ccccc2)Cc2ccccc2)C1. The van der Waals surface area contributed by atoms with E-state index in [0.717, 1.165) is 83.6 Å². The van der Waals surface area contributed by atoms with Crippen LogP contribution in [-0.4, -0.2) is 50.2 Å². The highest BCUT2D eigenvalue weighted by molar-refractivity contribution is 14.1. The van der Waals surface area contributed by atoms with Crippen molar-refractivity contribution in [1.29, 1.82) is 0 Å². The number of rotatable bonds is 18.